The molecular formula is C24H21FN4O2. The van der Waals surface area contributed by atoms with Crippen LogP contribution in [0.15, 0.2) is 71.7 Å². The first kappa shape index (κ1) is 19.2. The number of imidazole rings is 1. The van der Waals surface area contributed by atoms with E-state index >= 15 is 0 Å². The minimum Gasteiger partial charge on any atom is -0.449 e. The number of rotatable bonds is 5. The van der Waals surface area contributed by atoms with Gasteiger partial charge in [0.15, 0.2) is 11.5 Å². The van der Waals surface area contributed by atoms with Crippen molar-refractivity contribution in [2.24, 2.45) is 0 Å². The molecular weight excluding hydrogens is 395 g/mol. The van der Waals surface area contributed by atoms with Crippen molar-refractivity contribution in [3.05, 3.63) is 78.8 Å². The van der Waals surface area contributed by atoms with Crippen molar-refractivity contribution in [3.63, 3.8) is 0 Å². The molecule has 6 nitrogen and oxygen atoms in total. The number of carbonyl (C=O) groups excluding carboxylic acids is 1. The van der Waals surface area contributed by atoms with Crippen LogP contribution < -0.4 is 5.32 Å². The van der Waals surface area contributed by atoms with Crippen molar-refractivity contribution in [1.82, 2.24) is 14.5 Å². The average molecular weight is 416 g/mol. The summed E-state index contributed by atoms with van der Waals surface area (Å²) in [4.78, 5) is 21.4. The molecule has 7 heteroatoms. The first-order valence-corrected chi connectivity index (χ1v) is 10.3. The van der Waals surface area contributed by atoms with Crippen LogP contribution in [0.5, 0.6) is 0 Å². The molecule has 0 spiro atoms. The van der Waals surface area contributed by atoms with Crippen LogP contribution in [0.2, 0.25) is 0 Å². The van der Waals surface area contributed by atoms with Crippen LogP contribution in [0.25, 0.3) is 22.7 Å². The third-order valence-corrected chi connectivity index (χ3v) is 5.65. The molecule has 1 amide bonds. The molecule has 31 heavy (non-hydrogen) atoms. The second-order valence-electron chi connectivity index (χ2n) is 7.62. The number of nitrogens with one attached hydrogen (secondary N) is 1. The molecule has 0 bridgehead atoms. The SMILES string of the molecule is O=C(Nc1ccccc1F)c1ccc(-c2c(-c3ccncc3)ncn2C2CCCC2)o1. The second kappa shape index (κ2) is 8.18. The number of carbonyl (C=O) groups is 1. The van der Waals surface area contributed by atoms with Gasteiger partial charge in [-0.1, -0.05) is 25.0 Å². The molecule has 1 N–H and O–H groups in total. The smallest absolute Gasteiger partial charge is 0.291 e. The van der Waals surface area contributed by atoms with Crippen LogP contribution in [0.1, 0.15) is 42.3 Å². The number of anilines is 1. The first-order valence-electron chi connectivity index (χ1n) is 10.3. The van der Waals surface area contributed by atoms with Crippen LogP contribution >= 0.6 is 0 Å². The Balaban J connectivity index is 1.51. The van der Waals surface area contributed by atoms with Crippen molar-refractivity contribution in [3.8, 4) is 22.7 Å². The van der Waals surface area contributed by atoms with Crippen molar-refractivity contribution < 1.29 is 13.6 Å². The summed E-state index contributed by atoms with van der Waals surface area (Å²) < 4.78 is 22.0. The Bertz CT molecular complexity index is 1210. The highest BCUT2D eigenvalue weighted by atomic mass is 19.1. The zero-order valence-electron chi connectivity index (χ0n) is 16.8. The number of nitrogens with zero attached hydrogens (tertiary/aromatic N) is 3. The number of amides is 1. The fourth-order valence-electron chi connectivity index (χ4n) is 4.12. The summed E-state index contributed by atoms with van der Waals surface area (Å²) >= 11 is 0. The summed E-state index contributed by atoms with van der Waals surface area (Å²) in [6, 6.07) is 13.6. The van der Waals surface area contributed by atoms with Gasteiger partial charge in [-0.3, -0.25) is 9.78 Å². The molecule has 0 radical (unpaired) electrons. The van der Waals surface area contributed by atoms with Gasteiger partial charge in [0, 0.05) is 24.0 Å². The zero-order chi connectivity index (χ0) is 21.2. The molecule has 1 aromatic carbocycles. The molecule has 156 valence electrons. The molecule has 1 aliphatic rings. The fraction of sp³-hybridized carbons (Fsp3) is 0.208. The lowest BCUT2D eigenvalue weighted by atomic mass is 10.1. The van der Waals surface area contributed by atoms with Crippen LogP contribution in [-0.2, 0) is 0 Å². The fourth-order valence-corrected chi connectivity index (χ4v) is 4.12. The number of para-hydroxylation sites is 1. The Hall–Kier alpha value is -3.74. The van der Waals surface area contributed by atoms with Crippen LogP contribution in [0, 0.1) is 5.82 Å². The van der Waals surface area contributed by atoms with E-state index in [0.29, 0.717) is 11.8 Å². The maximum Gasteiger partial charge on any atom is 0.291 e. The van der Waals surface area contributed by atoms with E-state index in [2.05, 4.69) is 19.9 Å². The van der Waals surface area contributed by atoms with Crippen LogP contribution in [-0.4, -0.2) is 20.4 Å². The number of benzene rings is 1. The largest absolute Gasteiger partial charge is 0.449 e. The van der Waals surface area contributed by atoms with Gasteiger partial charge in [-0.05, 0) is 49.2 Å². The lowest BCUT2D eigenvalue weighted by Crippen LogP contribution is -2.12. The average Bonchev–Trinajstić information content (AvgIpc) is 3.55. The van der Waals surface area contributed by atoms with Gasteiger partial charge < -0.3 is 14.3 Å². The van der Waals surface area contributed by atoms with Crippen LogP contribution in [0.3, 0.4) is 0 Å². The van der Waals surface area contributed by atoms with E-state index in [1.807, 2.05) is 18.5 Å². The Kier molecular flexibility index (Phi) is 5.08. The van der Waals surface area contributed by atoms with Gasteiger partial charge in [0.2, 0.25) is 0 Å². The minimum absolute atomic E-state index is 0.109. The van der Waals surface area contributed by atoms with Crippen molar-refractivity contribution >= 4 is 11.6 Å². The molecule has 3 aromatic heterocycles. The monoisotopic (exact) mass is 416 g/mol. The van der Waals surface area contributed by atoms with Gasteiger partial charge >= 0.3 is 0 Å². The van der Waals surface area contributed by atoms with Gasteiger partial charge in [0.25, 0.3) is 5.91 Å². The number of furan rings is 1. The Morgan fingerprint density at radius 2 is 1.84 bits per heavy atom. The Labute approximate surface area is 178 Å². The first-order chi connectivity index (χ1) is 15.2. The standard InChI is InChI=1S/C24H21FN4O2/c25-18-7-3-4-8-19(18)28-24(30)21-10-9-20(31-21)23-22(16-11-13-26-14-12-16)27-15-29(23)17-5-1-2-6-17/h3-4,7-15,17H,1-2,5-6H2,(H,28,30). The summed E-state index contributed by atoms with van der Waals surface area (Å²) in [5.41, 5.74) is 2.65. The summed E-state index contributed by atoms with van der Waals surface area (Å²) in [7, 11) is 0. The lowest BCUT2D eigenvalue weighted by molar-refractivity contribution is 0.0997. The Morgan fingerprint density at radius 1 is 1.06 bits per heavy atom. The zero-order valence-corrected chi connectivity index (χ0v) is 16.8. The maximum atomic E-state index is 13.9. The number of aromatic nitrogens is 3. The molecule has 4 aromatic rings. The number of halogens is 1. The molecule has 0 aliphatic heterocycles. The molecule has 1 saturated carbocycles. The third kappa shape index (κ3) is 3.74. The molecule has 0 atom stereocenters. The molecule has 1 fully saturated rings. The van der Waals surface area contributed by atoms with Crippen LogP contribution in [0.4, 0.5) is 10.1 Å². The normalized spacial score (nSPS) is 14.1. The highest BCUT2D eigenvalue weighted by Crippen LogP contribution is 2.38. The van der Waals surface area contributed by atoms with E-state index in [-0.39, 0.29) is 11.4 Å². The van der Waals surface area contributed by atoms with E-state index < -0.39 is 11.7 Å². The molecule has 3 heterocycles. The third-order valence-electron chi connectivity index (χ3n) is 5.65. The topological polar surface area (TPSA) is 73.0 Å². The second-order valence-corrected chi connectivity index (χ2v) is 7.62. The van der Waals surface area contributed by atoms with E-state index in [0.717, 1.165) is 29.8 Å². The minimum atomic E-state index is -0.506. The highest BCUT2D eigenvalue weighted by Gasteiger charge is 2.26. The van der Waals surface area contributed by atoms with Crippen molar-refractivity contribution in [1.29, 1.82) is 0 Å². The Morgan fingerprint density at radius 3 is 2.61 bits per heavy atom. The van der Waals surface area contributed by atoms with Gasteiger partial charge in [0.1, 0.15) is 11.5 Å². The summed E-state index contributed by atoms with van der Waals surface area (Å²) in [6.45, 7) is 0. The number of hydrogen-bond donors (Lipinski definition) is 1. The molecule has 5 rings (SSSR count). The van der Waals surface area contributed by atoms with E-state index in [4.69, 9.17) is 4.42 Å². The molecule has 0 unspecified atom stereocenters. The van der Waals surface area contributed by atoms with Gasteiger partial charge in [-0.25, -0.2) is 9.37 Å². The summed E-state index contributed by atoms with van der Waals surface area (Å²) in [5.74, 6) is -0.344. The maximum absolute atomic E-state index is 13.9. The molecule has 1 aliphatic carbocycles. The van der Waals surface area contributed by atoms with Crippen molar-refractivity contribution in [2.75, 3.05) is 5.32 Å². The van der Waals surface area contributed by atoms with E-state index in [9.17, 15) is 9.18 Å². The van der Waals surface area contributed by atoms with Crippen molar-refractivity contribution in [2.45, 2.75) is 31.7 Å². The predicted octanol–water partition coefficient (Wildman–Crippen LogP) is 5.71. The van der Waals surface area contributed by atoms with Gasteiger partial charge in [-0.2, -0.15) is 0 Å². The number of pyridine rings is 1. The summed E-state index contributed by atoms with van der Waals surface area (Å²) in [6.07, 6.45) is 9.83. The predicted molar refractivity (Wildman–Crippen MR) is 115 cm³/mol. The van der Waals surface area contributed by atoms with Gasteiger partial charge in [0.05, 0.1) is 17.7 Å². The summed E-state index contributed by atoms with van der Waals surface area (Å²) in [5, 5.41) is 2.56. The van der Waals surface area contributed by atoms with Gasteiger partial charge in [-0.15, -0.1) is 0 Å². The lowest BCUT2D eigenvalue weighted by Gasteiger charge is -2.15. The quantitative estimate of drug-likeness (QED) is 0.452. The highest BCUT2D eigenvalue weighted by molar-refractivity contribution is 6.02. The van der Waals surface area contributed by atoms with E-state index in [1.165, 1.54) is 25.0 Å². The number of hydrogen-bond acceptors (Lipinski definition) is 4. The van der Waals surface area contributed by atoms with E-state index in [1.54, 1.807) is 36.7 Å². The molecule has 0 saturated heterocycles.